The third kappa shape index (κ3) is 5.51. The monoisotopic (exact) mass is 412 g/mol. The van der Waals surface area contributed by atoms with Crippen LogP contribution in [0.1, 0.15) is 6.92 Å². The molecule has 0 aliphatic carbocycles. The first-order valence-corrected chi connectivity index (χ1v) is 8.51. The van der Waals surface area contributed by atoms with Crippen LogP contribution in [0.5, 0.6) is 5.75 Å². The van der Waals surface area contributed by atoms with Crippen molar-refractivity contribution in [3.63, 3.8) is 0 Å². The molecular formula is C18H19BrF2N2O2. The molecule has 1 atom stereocenters. The van der Waals surface area contributed by atoms with Crippen molar-refractivity contribution in [1.29, 1.82) is 0 Å². The van der Waals surface area contributed by atoms with E-state index < -0.39 is 17.7 Å². The first-order valence-electron chi connectivity index (χ1n) is 7.72. The molecule has 1 unspecified atom stereocenters. The SMILES string of the molecule is CC(C(=O)Nc1ccc(Br)cc1F)N(C)CCOc1ccccc1F. The summed E-state index contributed by atoms with van der Waals surface area (Å²) in [6.45, 7) is 2.34. The molecule has 0 saturated carbocycles. The predicted molar refractivity (Wildman–Crippen MR) is 96.7 cm³/mol. The fourth-order valence-corrected chi connectivity index (χ4v) is 2.42. The van der Waals surface area contributed by atoms with Gasteiger partial charge in [0.05, 0.1) is 11.7 Å². The van der Waals surface area contributed by atoms with Crippen LogP contribution in [0.4, 0.5) is 14.5 Å². The summed E-state index contributed by atoms with van der Waals surface area (Å²) in [6.07, 6.45) is 0. The van der Waals surface area contributed by atoms with Crippen molar-refractivity contribution in [3.05, 3.63) is 58.6 Å². The molecule has 0 aromatic heterocycles. The van der Waals surface area contributed by atoms with E-state index in [1.807, 2.05) is 0 Å². The summed E-state index contributed by atoms with van der Waals surface area (Å²) in [5.41, 5.74) is 0.121. The Morgan fingerprint density at radius 2 is 1.96 bits per heavy atom. The van der Waals surface area contributed by atoms with Gasteiger partial charge in [-0.1, -0.05) is 28.1 Å². The number of rotatable bonds is 7. The van der Waals surface area contributed by atoms with E-state index in [0.717, 1.165) is 0 Å². The van der Waals surface area contributed by atoms with Gasteiger partial charge in [-0.05, 0) is 44.3 Å². The summed E-state index contributed by atoms with van der Waals surface area (Å²) in [4.78, 5) is 14.0. The van der Waals surface area contributed by atoms with Gasteiger partial charge in [0.15, 0.2) is 11.6 Å². The molecule has 1 N–H and O–H groups in total. The molecule has 25 heavy (non-hydrogen) atoms. The van der Waals surface area contributed by atoms with Gasteiger partial charge in [-0.3, -0.25) is 9.69 Å². The van der Waals surface area contributed by atoms with Crippen LogP contribution in [0.3, 0.4) is 0 Å². The summed E-state index contributed by atoms with van der Waals surface area (Å²) >= 11 is 3.17. The molecule has 2 aromatic carbocycles. The molecule has 0 bridgehead atoms. The van der Waals surface area contributed by atoms with Crippen LogP contribution >= 0.6 is 15.9 Å². The van der Waals surface area contributed by atoms with E-state index in [0.29, 0.717) is 11.0 Å². The van der Waals surface area contributed by atoms with Gasteiger partial charge in [-0.2, -0.15) is 0 Å². The summed E-state index contributed by atoms with van der Waals surface area (Å²) < 4.78 is 33.2. The summed E-state index contributed by atoms with van der Waals surface area (Å²) in [7, 11) is 1.74. The third-order valence-electron chi connectivity index (χ3n) is 3.77. The van der Waals surface area contributed by atoms with Gasteiger partial charge in [-0.25, -0.2) is 8.78 Å². The number of hydrogen-bond acceptors (Lipinski definition) is 3. The number of carbonyl (C=O) groups is 1. The molecule has 0 saturated heterocycles. The van der Waals surface area contributed by atoms with Crippen molar-refractivity contribution in [2.45, 2.75) is 13.0 Å². The highest BCUT2D eigenvalue weighted by molar-refractivity contribution is 9.10. The van der Waals surface area contributed by atoms with Crippen LogP contribution in [0.25, 0.3) is 0 Å². The van der Waals surface area contributed by atoms with Gasteiger partial charge < -0.3 is 10.1 Å². The zero-order chi connectivity index (χ0) is 18.4. The fourth-order valence-electron chi connectivity index (χ4n) is 2.08. The average molecular weight is 413 g/mol. The molecule has 0 heterocycles. The number of ether oxygens (including phenoxy) is 1. The Balaban J connectivity index is 1.85. The molecule has 4 nitrogen and oxygen atoms in total. The third-order valence-corrected chi connectivity index (χ3v) is 4.26. The maximum absolute atomic E-state index is 13.8. The highest BCUT2D eigenvalue weighted by Gasteiger charge is 2.19. The van der Waals surface area contributed by atoms with E-state index in [9.17, 15) is 13.6 Å². The number of nitrogens with one attached hydrogen (secondary N) is 1. The number of benzene rings is 2. The Kier molecular flexibility index (Phi) is 6.90. The lowest BCUT2D eigenvalue weighted by atomic mass is 10.2. The lowest BCUT2D eigenvalue weighted by Gasteiger charge is -2.24. The van der Waals surface area contributed by atoms with Gasteiger partial charge in [-0.15, -0.1) is 0 Å². The van der Waals surface area contributed by atoms with Crippen LogP contribution in [0.2, 0.25) is 0 Å². The topological polar surface area (TPSA) is 41.6 Å². The van der Waals surface area contributed by atoms with Crippen LogP contribution in [0, 0.1) is 11.6 Å². The van der Waals surface area contributed by atoms with E-state index in [4.69, 9.17) is 4.74 Å². The van der Waals surface area contributed by atoms with Crippen molar-refractivity contribution in [2.75, 3.05) is 25.5 Å². The predicted octanol–water partition coefficient (Wildman–Crippen LogP) is 4.07. The maximum Gasteiger partial charge on any atom is 0.241 e. The summed E-state index contributed by atoms with van der Waals surface area (Å²) in [6, 6.07) is 10.1. The van der Waals surface area contributed by atoms with Crippen molar-refractivity contribution in [3.8, 4) is 5.75 Å². The lowest BCUT2D eigenvalue weighted by Crippen LogP contribution is -2.41. The molecule has 0 aliphatic rings. The number of halogens is 3. The summed E-state index contributed by atoms with van der Waals surface area (Å²) in [5.74, 6) is -1.11. The quantitative estimate of drug-likeness (QED) is 0.745. The minimum atomic E-state index is -0.513. The smallest absolute Gasteiger partial charge is 0.241 e. The Bertz CT molecular complexity index is 743. The zero-order valence-electron chi connectivity index (χ0n) is 13.9. The number of carbonyl (C=O) groups excluding carboxylic acids is 1. The van der Waals surface area contributed by atoms with Gasteiger partial charge in [0.2, 0.25) is 5.91 Å². The van der Waals surface area contributed by atoms with Gasteiger partial charge in [0, 0.05) is 11.0 Å². The van der Waals surface area contributed by atoms with E-state index in [-0.39, 0.29) is 24.0 Å². The molecule has 2 rings (SSSR count). The number of para-hydroxylation sites is 1. The van der Waals surface area contributed by atoms with Crippen molar-refractivity contribution < 1.29 is 18.3 Å². The second kappa shape index (κ2) is 8.92. The average Bonchev–Trinajstić information content (AvgIpc) is 2.58. The second-order valence-corrected chi connectivity index (χ2v) is 6.46. The van der Waals surface area contributed by atoms with E-state index >= 15 is 0 Å². The van der Waals surface area contributed by atoms with Gasteiger partial charge in [0.25, 0.3) is 0 Å². The Labute approximate surface area is 153 Å². The Hall–Kier alpha value is -1.99. The van der Waals surface area contributed by atoms with E-state index in [1.54, 1.807) is 43.1 Å². The summed E-state index contributed by atoms with van der Waals surface area (Å²) in [5, 5.41) is 2.56. The largest absolute Gasteiger partial charge is 0.489 e. The van der Waals surface area contributed by atoms with Gasteiger partial charge in [0.1, 0.15) is 12.4 Å². The molecule has 7 heteroatoms. The van der Waals surface area contributed by atoms with Crippen LogP contribution in [-0.2, 0) is 4.79 Å². The Morgan fingerprint density at radius 3 is 2.64 bits per heavy atom. The number of nitrogens with zero attached hydrogens (tertiary/aromatic N) is 1. The van der Waals surface area contributed by atoms with E-state index in [2.05, 4.69) is 21.2 Å². The molecule has 0 spiro atoms. The molecule has 2 aromatic rings. The number of amides is 1. The second-order valence-electron chi connectivity index (χ2n) is 5.55. The van der Waals surface area contributed by atoms with Crippen LogP contribution in [0.15, 0.2) is 46.9 Å². The molecule has 1 amide bonds. The number of likely N-dealkylation sites (N-methyl/N-ethyl adjacent to an activating group) is 1. The van der Waals surface area contributed by atoms with Crippen molar-refractivity contribution in [1.82, 2.24) is 4.90 Å². The molecule has 0 radical (unpaired) electrons. The molecule has 0 aliphatic heterocycles. The molecule has 0 fully saturated rings. The highest BCUT2D eigenvalue weighted by atomic mass is 79.9. The number of anilines is 1. The highest BCUT2D eigenvalue weighted by Crippen LogP contribution is 2.20. The Morgan fingerprint density at radius 1 is 1.24 bits per heavy atom. The van der Waals surface area contributed by atoms with Crippen molar-refractivity contribution in [2.24, 2.45) is 0 Å². The maximum atomic E-state index is 13.8. The number of hydrogen-bond donors (Lipinski definition) is 1. The first-order chi connectivity index (χ1) is 11.9. The fraction of sp³-hybridized carbons (Fsp3) is 0.278. The first kappa shape index (κ1) is 19.3. The normalized spacial score (nSPS) is 12.1. The molecule has 134 valence electrons. The minimum absolute atomic E-state index is 0.121. The molecular weight excluding hydrogens is 394 g/mol. The minimum Gasteiger partial charge on any atom is -0.489 e. The van der Waals surface area contributed by atoms with Crippen molar-refractivity contribution >= 4 is 27.5 Å². The standard InChI is InChI=1S/C18H19BrF2N2O2/c1-12(18(24)22-16-8-7-13(19)11-15(16)21)23(2)9-10-25-17-6-4-3-5-14(17)20/h3-8,11-12H,9-10H2,1-2H3,(H,22,24). The zero-order valence-corrected chi connectivity index (χ0v) is 15.5. The van der Waals surface area contributed by atoms with Crippen LogP contribution < -0.4 is 10.1 Å². The van der Waals surface area contributed by atoms with E-state index in [1.165, 1.54) is 18.2 Å². The van der Waals surface area contributed by atoms with Crippen LogP contribution in [-0.4, -0.2) is 37.0 Å². The van der Waals surface area contributed by atoms with Gasteiger partial charge >= 0.3 is 0 Å². The lowest BCUT2D eigenvalue weighted by molar-refractivity contribution is -0.120.